The van der Waals surface area contributed by atoms with Crippen molar-refractivity contribution in [3.05, 3.63) is 18.1 Å². The average molecular weight is 261 g/mol. The lowest BCUT2D eigenvalue weighted by Gasteiger charge is -2.26. The number of aromatic nitrogens is 2. The van der Waals surface area contributed by atoms with Crippen LogP contribution in [0.1, 0.15) is 31.4 Å². The molecule has 0 unspecified atom stereocenters. The highest BCUT2D eigenvalue weighted by molar-refractivity contribution is 5.36. The Hall–Kier alpha value is -1.37. The van der Waals surface area contributed by atoms with Gasteiger partial charge in [-0.3, -0.25) is 0 Å². The first kappa shape index (κ1) is 13.1. The third-order valence-corrected chi connectivity index (χ3v) is 3.01. The van der Waals surface area contributed by atoms with Gasteiger partial charge in [0.2, 0.25) is 0 Å². The van der Waals surface area contributed by atoms with E-state index in [0.717, 1.165) is 25.2 Å². The van der Waals surface area contributed by atoms with Gasteiger partial charge in [-0.25, -0.2) is 9.97 Å². The minimum atomic E-state index is -4.46. The number of halogens is 3. The monoisotopic (exact) mass is 261 g/mol. The minimum Gasteiger partial charge on any atom is -0.393 e. The van der Waals surface area contributed by atoms with Crippen LogP contribution in [0.5, 0.6) is 0 Å². The molecule has 1 fully saturated rings. The van der Waals surface area contributed by atoms with E-state index in [9.17, 15) is 18.3 Å². The quantitative estimate of drug-likeness (QED) is 0.857. The highest BCUT2D eigenvalue weighted by Crippen LogP contribution is 2.29. The molecule has 1 aromatic rings. The molecule has 0 bridgehead atoms. The Bertz CT molecular complexity index is 403. The Morgan fingerprint density at radius 3 is 2.44 bits per heavy atom. The van der Waals surface area contributed by atoms with Crippen LogP contribution in [-0.4, -0.2) is 27.2 Å². The fourth-order valence-electron chi connectivity index (χ4n) is 2.02. The van der Waals surface area contributed by atoms with Gasteiger partial charge in [-0.15, -0.1) is 0 Å². The van der Waals surface area contributed by atoms with Crippen molar-refractivity contribution in [3.8, 4) is 0 Å². The Morgan fingerprint density at radius 2 is 1.83 bits per heavy atom. The summed E-state index contributed by atoms with van der Waals surface area (Å²) in [5.74, 6) is 0.179. The molecule has 0 amide bonds. The molecule has 100 valence electrons. The zero-order chi connectivity index (χ0) is 13.2. The lowest BCUT2D eigenvalue weighted by atomic mass is 9.93. The van der Waals surface area contributed by atoms with Gasteiger partial charge in [-0.05, 0) is 25.7 Å². The maximum absolute atomic E-state index is 12.4. The second-order valence-electron chi connectivity index (χ2n) is 4.44. The van der Waals surface area contributed by atoms with Gasteiger partial charge in [-0.2, -0.15) is 13.2 Å². The summed E-state index contributed by atoms with van der Waals surface area (Å²) < 4.78 is 37.3. The van der Waals surface area contributed by atoms with Crippen LogP contribution in [-0.2, 0) is 6.18 Å². The zero-order valence-corrected chi connectivity index (χ0v) is 9.61. The van der Waals surface area contributed by atoms with Crippen LogP contribution >= 0.6 is 0 Å². The van der Waals surface area contributed by atoms with Crippen molar-refractivity contribution in [2.45, 2.75) is 44.0 Å². The second kappa shape index (κ2) is 5.09. The Morgan fingerprint density at radius 1 is 1.17 bits per heavy atom. The first-order valence-corrected chi connectivity index (χ1v) is 5.79. The van der Waals surface area contributed by atoms with Gasteiger partial charge in [0.25, 0.3) is 0 Å². The summed E-state index contributed by atoms with van der Waals surface area (Å²) in [6, 6.07) is 0.967. The third-order valence-electron chi connectivity index (χ3n) is 3.01. The predicted molar refractivity (Wildman–Crippen MR) is 58.9 cm³/mol. The van der Waals surface area contributed by atoms with Gasteiger partial charge in [0.05, 0.1) is 6.10 Å². The van der Waals surface area contributed by atoms with Crippen LogP contribution in [0.2, 0.25) is 0 Å². The summed E-state index contributed by atoms with van der Waals surface area (Å²) in [5.41, 5.74) is -0.948. The molecular weight excluding hydrogens is 247 g/mol. The van der Waals surface area contributed by atoms with E-state index in [1.807, 2.05) is 0 Å². The lowest BCUT2D eigenvalue weighted by Crippen LogP contribution is -2.28. The zero-order valence-electron chi connectivity index (χ0n) is 9.61. The average Bonchev–Trinajstić information content (AvgIpc) is 2.31. The number of nitrogens with zero attached hydrogens (tertiary/aromatic N) is 2. The molecule has 0 aromatic carbocycles. The maximum atomic E-state index is 12.4. The Balaban J connectivity index is 2.01. The first-order chi connectivity index (χ1) is 8.45. The molecule has 0 atom stereocenters. The Labute approximate surface area is 102 Å². The smallest absolute Gasteiger partial charge is 0.393 e. The maximum Gasteiger partial charge on any atom is 0.433 e. The molecule has 1 aromatic heterocycles. The van der Waals surface area contributed by atoms with Crippen molar-refractivity contribution < 1.29 is 18.3 Å². The fraction of sp³-hybridized carbons (Fsp3) is 0.636. The molecule has 1 heterocycles. The molecule has 4 nitrogen and oxygen atoms in total. The van der Waals surface area contributed by atoms with Crippen molar-refractivity contribution in [1.29, 1.82) is 0 Å². The summed E-state index contributed by atoms with van der Waals surface area (Å²) in [6.45, 7) is 0. The van der Waals surface area contributed by atoms with Crippen LogP contribution in [0.25, 0.3) is 0 Å². The van der Waals surface area contributed by atoms with E-state index in [2.05, 4.69) is 15.3 Å². The van der Waals surface area contributed by atoms with Crippen LogP contribution < -0.4 is 5.32 Å². The van der Waals surface area contributed by atoms with E-state index in [1.165, 1.54) is 0 Å². The molecule has 0 spiro atoms. The number of rotatable bonds is 2. The Kier molecular flexibility index (Phi) is 3.70. The van der Waals surface area contributed by atoms with Crippen molar-refractivity contribution in [1.82, 2.24) is 9.97 Å². The van der Waals surface area contributed by atoms with Crippen LogP contribution in [0.4, 0.5) is 19.0 Å². The van der Waals surface area contributed by atoms with Crippen molar-refractivity contribution in [2.24, 2.45) is 0 Å². The van der Waals surface area contributed by atoms with Gasteiger partial charge < -0.3 is 10.4 Å². The summed E-state index contributed by atoms with van der Waals surface area (Å²) in [6.07, 6.45) is -1.06. The summed E-state index contributed by atoms with van der Waals surface area (Å²) in [5, 5.41) is 12.3. The minimum absolute atomic E-state index is 0.0596. The van der Waals surface area contributed by atoms with Crippen LogP contribution in [0.3, 0.4) is 0 Å². The van der Waals surface area contributed by atoms with E-state index in [0.29, 0.717) is 12.8 Å². The lowest BCUT2D eigenvalue weighted by molar-refractivity contribution is -0.141. The van der Waals surface area contributed by atoms with Crippen LogP contribution in [0.15, 0.2) is 12.4 Å². The van der Waals surface area contributed by atoms with Crippen LogP contribution in [0, 0.1) is 0 Å². The summed E-state index contributed by atoms with van der Waals surface area (Å²) in [7, 11) is 0. The van der Waals surface area contributed by atoms with Crippen molar-refractivity contribution in [3.63, 3.8) is 0 Å². The molecule has 2 N–H and O–H groups in total. The molecular formula is C11H14F3N3O. The molecule has 1 aliphatic carbocycles. The number of aliphatic hydroxyl groups excluding tert-OH is 1. The van der Waals surface area contributed by atoms with Crippen molar-refractivity contribution >= 4 is 5.82 Å². The summed E-state index contributed by atoms with van der Waals surface area (Å²) >= 11 is 0. The number of aliphatic hydroxyl groups is 1. The van der Waals surface area contributed by atoms with E-state index in [-0.39, 0.29) is 18.0 Å². The molecule has 18 heavy (non-hydrogen) atoms. The molecule has 1 saturated carbocycles. The van der Waals surface area contributed by atoms with Gasteiger partial charge in [0, 0.05) is 12.1 Å². The second-order valence-corrected chi connectivity index (χ2v) is 4.44. The molecule has 0 radical (unpaired) electrons. The van der Waals surface area contributed by atoms with Gasteiger partial charge in [-0.1, -0.05) is 0 Å². The number of hydrogen-bond acceptors (Lipinski definition) is 4. The van der Waals surface area contributed by atoms with E-state index in [4.69, 9.17) is 0 Å². The highest BCUT2D eigenvalue weighted by Gasteiger charge is 2.33. The molecule has 0 aliphatic heterocycles. The van der Waals surface area contributed by atoms with E-state index < -0.39 is 11.9 Å². The topological polar surface area (TPSA) is 58.0 Å². The van der Waals surface area contributed by atoms with Gasteiger partial charge in [0.15, 0.2) is 0 Å². The fourth-order valence-corrected chi connectivity index (χ4v) is 2.02. The van der Waals surface area contributed by atoms with Crippen molar-refractivity contribution in [2.75, 3.05) is 5.32 Å². The largest absolute Gasteiger partial charge is 0.433 e. The SMILES string of the molecule is OC1CCC(Nc2cc(C(F)(F)F)ncn2)CC1. The summed E-state index contributed by atoms with van der Waals surface area (Å²) in [4.78, 5) is 6.98. The molecule has 0 saturated heterocycles. The number of alkyl halides is 3. The molecule has 2 rings (SSSR count). The molecule has 1 aliphatic rings. The highest BCUT2D eigenvalue weighted by atomic mass is 19.4. The van der Waals surface area contributed by atoms with E-state index in [1.54, 1.807) is 0 Å². The van der Waals surface area contributed by atoms with Gasteiger partial charge >= 0.3 is 6.18 Å². The normalized spacial score (nSPS) is 24.9. The number of anilines is 1. The van der Waals surface area contributed by atoms with Gasteiger partial charge in [0.1, 0.15) is 17.8 Å². The molecule has 7 heteroatoms. The number of nitrogens with one attached hydrogen (secondary N) is 1. The van der Waals surface area contributed by atoms with E-state index >= 15 is 0 Å². The third kappa shape index (κ3) is 3.32. The predicted octanol–water partition coefficient (Wildman–Crippen LogP) is 2.21. The first-order valence-electron chi connectivity index (χ1n) is 5.79. The number of hydrogen-bond donors (Lipinski definition) is 2. The standard InChI is InChI=1S/C11H14F3N3O/c12-11(13,14)9-5-10(16-6-15-9)17-7-1-3-8(18)4-2-7/h5-8,18H,1-4H2,(H,15,16,17).